The molecule has 0 unspecified atom stereocenters. The molecule has 0 heterocycles. The van der Waals surface area contributed by atoms with E-state index in [0.29, 0.717) is 0 Å². The zero-order valence-electron chi connectivity index (χ0n) is 4.07. The van der Waals surface area contributed by atoms with Crippen LogP contribution in [0.15, 0.2) is 0 Å². The van der Waals surface area contributed by atoms with Crippen molar-refractivity contribution in [3.63, 3.8) is 0 Å². The summed E-state index contributed by atoms with van der Waals surface area (Å²) in [7, 11) is -5.39. The van der Waals surface area contributed by atoms with Gasteiger partial charge in [-0.15, -0.1) is 0 Å². The van der Waals surface area contributed by atoms with Crippen LogP contribution in [0, 0.1) is 0 Å². The van der Waals surface area contributed by atoms with Crippen LogP contribution >= 0.6 is 7.82 Å². The Balaban J connectivity index is -0.0000000267. The van der Waals surface area contributed by atoms with Gasteiger partial charge in [-0.25, -0.2) is 0 Å². The summed E-state index contributed by atoms with van der Waals surface area (Å²) in [6.45, 7) is 0. The molecule has 0 spiro atoms. The molecule has 0 N–H and O–H groups in total. The van der Waals surface area contributed by atoms with E-state index in [2.05, 4.69) is 0 Å². The fourth-order valence-corrected chi connectivity index (χ4v) is 0. The first-order chi connectivity index (χ1) is 2.00. The third-order valence-corrected chi connectivity index (χ3v) is 0. The molecule has 0 rings (SSSR count). The van der Waals surface area contributed by atoms with Crippen LogP contribution in [0.4, 0.5) is 0 Å². The molecule has 0 amide bonds. The molecule has 0 saturated carbocycles. The largest absolute Gasteiger partial charge is 3.00 e. The molecular weight excluding hydrogens is 275 g/mol. The molecule has 0 aromatic heterocycles. The fraction of sp³-hybridized carbons (Fsp3) is 0. The minimum atomic E-state index is -5.39. The monoisotopic (exact) mass is 274 g/mol. The van der Waals surface area contributed by atoms with Gasteiger partial charge in [0.15, 0.2) is 0 Å². The fourth-order valence-electron chi connectivity index (χ4n) is 0. The first kappa shape index (κ1) is 22.4. The molecule has 32 valence electrons. The molecule has 8 heteroatoms. The summed E-state index contributed by atoms with van der Waals surface area (Å²) in [5.41, 5.74) is 0. The van der Waals surface area contributed by atoms with Crippen molar-refractivity contribution in [1.29, 1.82) is 0 Å². The Hall–Kier alpha value is 2.75. The summed E-state index contributed by atoms with van der Waals surface area (Å²) in [4.78, 5) is 25.6. The Morgan fingerprint density at radius 3 is 1.12 bits per heavy atom. The molecule has 0 aliphatic heterocycles. The number of hydrogen-bond acceptors (Lipinski definition) is 4. The molecular formula is AlO4PSrZn+4. The number of rotatable bonds is 0. The van der Waals surface area contributed by atoms with Gasteiger partial charge < -0.3 is 19.2 Å². The first-order valence-corrected chi connectivity index (χ1v) is 2.19. The molecule has 0 bridgehead atoms. The standard InChI is InChI=1S/Al.H3O4P.Sr.Zn/c;1-5(2,3)4;;/h;(H3,1,2,3,4);;/q+3;;2*+2/p-3. The second-order valence-electron chi connectivity index (χ2n) is 0.447. The molecule has 0 saturated heterocycles. The summed E-state index contributed by atoms with van der Waals surface area (Å²) in [5.74, 6) is 0. The quantitative estimate of drug-likeness (QED) is 0.338. The van der Waals surface area contributed by atoms with Gasteiger partial charge in [-0.3, -0.25) is 0 Å². The van der Waals surface area contributed by atoms with Crippen molar-refractivity contribution >= 4 is 70.7 Å². The zero-order valence-corrected chi connectivity index (χ0v) is 12.6. The summed E-state index contributed by atoms with van der Waals surface area (Å²) in [5, 5.41) is 0. The van der Waals surface area contributed by atoms with Crippen molar-refractivity contribution in [3.8, 4) is 0 Å². The third kappa shape index (κ3) is 69.6. The van der Waals surface area contributed by atoms with E-state index in [1.165, 1.54) is 0 Å². The Kier molecular flexibility index (Phi) is 27.3. The smallest absolute Gasteiger partial charge is 0.822 e. The average molecular weight is 275 g/mol. The van der Waals surface area contributed by atoms with Crippen LogP contribution in [0.3, 0.4) is 0 Å². The minimum absolute atomic E-state index is 0. The maximum atomic E-state index is 8.55. The summed E-state index contributed by atoms with van der Waals surface area (Å²) < 4.78 is 8.55. The second kappa shape index (κ2) is 9.75. The molecule has 0 aliphatic rings. The minimum Gasteiger partial charge on any atom is -0.822 e. The van der Waals surface area contributed by atoms with Crippen LogP contribution in [0.2, 0.25) is 0 Å². The van der Waals surface area contributed by atoms with E-state index in [-0.39, 0.29) is 82.3 Å². The van der Waals surface area contributed by atoms with Gasteiger partial charge in [-0.05, 0) is 0 Å². The van der Waals surface area contributed by atoms with Crippen molar-refractivity contribution in [3.05, 3.63) is 0 Å². The van der Waals surface area contributed by atoms with Gasteiger partial charge in [0.1, 0.15) is 0 Å². The molecule has 0 aliphatic carbocycles. The van der Waals surface area contributed by atoms with E-state index in [4.69, 9.17) is 19.2 Å². The summed E-state index contributed by atoms with van der Waals surface area (Å²) in [6.07, 6.45) is 0. The van der Waals surface area contributed by atoms with Crippen LogP contribution in [0.1, 0.15) is 0 Å². The Morgan fingerprint density at radius 2 is 1.12 bits per heavy atom. The van der Waals surface area contributed by atoms with Crippen molar-refractivity contribution in [2.75, 3.05) is 0 Å². The maximum absolute atomic E-state index is 8.55. The van der Waals surface area contributed by atoms with Crippen LogP contribution in [0.25, 0.3) is 0 Å². The van der Waals surface area contributed by atoms with Gasteiger partial charge in [0.25, 0.3) is 0 Å². The number of hydrogen-bond donors (Lipinski definition) is 0. The van der Waals surface area contributed by atoms with Crippen LogP contribution < -0.4 is 14.7 Å². The molecule has 0 fully saturated rings. The number of phosphoric acid groups is 1. The predicted molar refractivity (Wildman–Crippen MR) is 19.1 cm³/mol. The topological polar surface area (TPSA) is 86.2 Å². The van der Waals surface area contributed by atoms with Crippen molar-refractivity contribution < 1.29 is 38.7 Å². The zero-order chi connectivity index (χ0) is 4.50. The average Bonchev–Trinajstić information content (AvgIpc) is 0.722. The van der Waals surface area contributed by atoms with Gasteiger partial charge >= 0.3 is 82.3 Å². The van der Waals surface area contributed by atoms with Crippen LogP contribution in [-0.2, 0) is 24.0 Å². The molecule has 0 aromatic rings. The normalized spacial score (nSPS) is 7.38. The van der Waals surface area contributed by atoms with E-state index < -0.39 is 7.82 Å². The molecule has 0 radical (unpaired) electrons. The van der Waals surface area contributed by atoms with Crippen molar-refractivity contribution in [1.82, 2.24) is 0 Å². The molecule has 0 aromatic carbocycles. The van der Waals surface area contributed by atoms with Gasteiger partial charge in [0.05, 0.1) is 0 Å². The second-order valence-corrected chi connectivity index (χ2v) is 1.34. The van der Waals surface area contributed by atoms with E-state index in [9.17, 15) is 0 Å². The van der Waals surface area contributed by atoms with Gasteiger partial charge in [-0.1, -0.05) is 0 Å². The predicted octanol–water partition coefficient (Wildman–Crippen LogP) is -3.59. The molecule has 0 atom stereocenters. The Morgan fingerprint density at radius 1 is 1.12 bits per heavy atom. The van der Waals surface area contributed by atoms with E-state index in [0.717, 1.165) is 0 Å². The molecule has 8 heavy (non-hydrogen) atoms. The SMILES string of the molecule is O=P([O-])([O-])[O-].[Al+3].[Sr+2].[Zn+2]. The Labute approximate surface area is 107 Å². The van der Waals surface area contributed by atoms with Crippen molar-refractivity contribution in [2.45, 2.75) is 0 Å². The third-order valence-electron chi connectivity index (χ3n) is 0. The van der Waals surface area contributed by atoms with E-state index >= 15 is 0 Å². The Bertz CT molecular complexity index is 62.2. The van der Waals surface area contributed by atoms with E-state index in [1.807, 2.05) is 0 Å². The van der Waals surface area contributed by atoms with Gasteiger partial charge in [0, 0.05) is 0 Å². The van der Waals surface area contributed by atoms with E-state index in [1.54, 1.807) is 0 Å². The summed E-state index contributed by atoms with van der Waals surface area (Å²) >= 11 is 0. The van der Waals surface area contributed by atoms with Crippen LogP contribution in [0.5, 0.6) is 0 Å². The van der Waals surface area contributed by atoms with Gasteiger partial charge in [0.2, 0.25) is 0 Å². The van der Waals surface area contributed by atoms with Crippen LogP contribution in [-0.4, -0.2) is 62.8 Å². The maximum Gasteiger partial charge on any atom is 3.00 e. The van der Waals surface area contributed by atoms with Gasteiger partial charge in [-0.2, -0.15) is 7.82 Å². The van der Waals surface area contributed by atoms with Crippen molar-refractivity contribution in [2.24, 2.45) is 0 Å². The first-order valence-electron chi connectivity index (χ1n) is 0.730. The summed E-state index contributed by atoms with van der Waals surface area (Å²) in [6, 6.07) is 0. The molecule has 4 nitrogen and oxygen atoms in total.